The molecule has 0 N–H and O–H groups in total. The maximum atomic E-state index is 12.6. The molecule has 0 bridgehead atoms. The molecule has 3 aromatic rings. The molecule has 2 aromatic carbocycles. The summed E-state index contributed by atoms with van der Waals surface area (Å²) in [5.41, 5.74) is 2.49. The van der Waals surface area contributed by atoms with Gasteiger partial charge in [0.15, 0.2) is 11.5 Å². The molecule has 1 saturated heterocycles. The van der Waals surface area contributed by atoms with Crippen LogP contribution in [0.25, 0.3) is 10.8 Å². The van der Waals surface area contributed by atoms with Crippen molar-refractivity contribution in [3.63, 3.8) is 0 Å². The van der Waals surface area contributed by atoms with Gasteiger partial charge in [-0.05, 0) is 51.6 Å². The number of carbonyl (C=O) groups is 1. The Balaban J connectivity index is 1.55. The fraction of sp³-hybridized carbons (Fsp3) is 0.304. The summed E-state index contributed by atoms with van der Waals surface area (Å²) in [6.45, 7) is 3.45. The number of anilines is 2. The zero-order valence-electron chi connectivity index (χ0n) is 17.4. The van der Waals surface area contributed by atoms with Crippen molar-refractivity contribution in [1.82, 2.24) is 4.98 Å². The predicted octanol–water partition coefficient (Wildman–Crippen LogP) is 4.01. The molecule has 7 nitrogen and oxygen atoms in total. The number of ether oxygens (including phenoxy) is 3. The van der Waals surface area contributed by atoms with E-state index in [1.165, 1.54) is 0 Å². The molecule has 2 aliphatic rings. The smallest absolute Gasteiger partial charge is 0.341 e. The third-order valence-corrected chi connectivity index (χ3v) is 6.36. The van der Waals surface area contributed by atoms with Crippen LogP contribution in [0.5, 0.6) is 11.5 Å². The van der Waals surface area contributed by atoms with Crippen molar-refractivity contribution < 1.29 is 19.0 Å². The van der Waals surface area contributed by atoms with Crippen molar-refractivity contribution >= 4 is 44.2 Å². The van der Waals surface area contributed by atoms with E-state index < -0.39 is 0 Å². The van der Waals surface area contributed by atoms with E-state index in [1.54, 1.807) is 14.2 Å². The van der Waals surface area contributed by atoms with E-state index >= 15 is 0 Å². The van der Waals surface area contributed by atoms with Gasteiger partial charge < -0.3 is 24.0 Å². The first-order chi connectivity index (χ1) is 15.1. The van der Waals surface area contributed by atoms with Gasteiger partial charge in [0, 0.05) is 47.8 Å². The molecule has 1 aromatic heterocycles. The Kier molecular flexibility index (Phi) is 5.09. The SMILES string of the molecule is COc1cc2cc3c(c(N4CCN(c5ccc(Br)cn5)CC4)c2cc1OC)C(=O)OC3. The molecule has 0 amide bonds. The summed E-state index contributed by atoms with van der Waals surface area (Å²) in [5.74, 6) is 1.99. The first kappa shape index (κ1) is 19.9. The van der Waals surface area contributed by atoms with Crippen LogP contribution in [-0.2, 0) is 11.3 Å². The van der Waals surface area contributed by atoms with E-state index in [4.69, 9.17) is 14.2 Å². The van der Waals surface area contributed by atoms with E-state index in [0.29, 0.717) is 23.7 Å². The van der Waals surface area contributed by atoms with Gasteiger partial charge in [0.05, 0.1) is 25.5 Å². The number of halogens is 1. The van der Waals surface area contributed by atoms with Gasteiger partial charge in [0.2, 0.25) is 0 Å². The lowest BCUT2D eigenvalue weighted by Crippen LogP contribution is -2.47. The fourth-order valence-electron chi connectivity index (χ4n) is 4.37. The van der Waals surface area contributed by atoms with Gasteiger partial charge in [-0.15, -0.1) is 0 Å². The molecular weight excluding hydrogens is 462 g/mol. The van der Waals surface area contributed by atoms with Gasteiger partial charge in [-0.3, -0.25) is 0 Å². The minimum Gasteiger partial charge on any atom is -0.493 e. The third kappa shape index (κ3) is 3.44. The lowest BCUT2D eigenvalue weighted by atomic mass is 9.97. The van der Waals surface area contributed by atoms with E-state index in [1.807, 2.05) is 36.5 Å². The minimum atomic E-state index is -0.265. The second-order valence-corrected chi connectivity index (χ2v) is 8.49. The number of piperazine rings is 1. The highest BCUT2D eigenvalue weighted by molar-refractivity contribution is 9.10. The number of aromatic nitrogens is 1. The Bertz CT molecular complexity index is 1160. The second-order valence-electron chi connectivity index (χ2n) is 7.57. The maximum absolute atomic E-state index is 12.6. The van der Waals surface area contributed by atoms with Gasteiger partial charge in [-0.1, -0.05) is 0 Å². The Labute approximate surface area is 188 Å². The Morgan fingerprint density at radius 3 is 2.39 bits per heavy atom. The number of rotatable bonds is 4. The normalized spacial score (nSPS) is 15.8. The summed E-state index contributed by atoms with van der Waals surface area (Å²) in [5, 5.41) is 1.96. The van der Waals surface area contributed by atoms with E-state index in [-0.39, 0.29) is 5.97 Å². The molecule has 31 heavy (non-hydrogen) atoms. The molecule has 5 rings (SSSR count). The van der Waals surface area contributed by atoms with Crippen molar-refractivity contribution in [2.75, 3.05) is 50.2 Å². The van der Waals surface area contributed by atoms with Gasteiger partial charge in [-0.25, -0.2) is 9.78 Å². The summed E-state index contributed by atoms with van der Waals surface area (Å²) in [6.07, 6.45) is 1.81. The zero-order valence-corrected chi connectivity index (χ0v) is 18.9. The number of carbonyl (C=O) groups excluding carboxylic acids is 1. The number of fused-ring (bicyclic) bond motifs is 2. The van der Waals surface area contributed by atoms with Crippen LogP contribution in [0.3, 0.4) is 0 Å². The number of methoxy groups -OCH3 is 2. The fourth-order valence-corrected chi connectivity index (χ4v) is 4.60. The second kappa shape index (κ2) is 7.92. The van der Waals surface area contributed by atoms with Crippen molar-refractivity contribution in [3.8, 4) is 11.5 Å². The third-order valence-electron chi connectivity index (χ3n) is 5.89. The summed E-state index contributed by atoms with van der Waals surface area (Å²) in [4.78, 5) is 21.7. The van der Waals surface area contributed by atoms with Crippen LogP contribution in [0.2, 0.25) is 0 Å². The average molecular weight is 484 g/mol. The van der Waals surface area contributed by atoms with E-state index in [0.717, 1.165) is 58.5 Å². The van der Waals surface area contributed by atoms with Gasteiger partial charge in [-0.2, -0.15) is 0 Å². The topological polar surface area (TPSA) is 64.1 Å². The molecule has 1 fully saturated rings. The van der Waals surface area contributed by atoms with Gasteiger partial charge in [0.25, 0.3) is 0 Å². The Hall–Kier alpha value is -3.00. The number of hydrogen-bond donors (Lipinski definition) is 0. The van der Waals surface area contributed by atoms with Crippen LogP contribution in [-0.4, -0.2) is 51.4 Å². The summed E-state index contributed by atoms with van der Waals surface area (Å²) < 4.78 is 17.4. The zero-order chi connectivity index (χ0) is 21.5. The lowest BCUT2D eigenvalue weighted by Gasteiger charge is -2.37. The highest BCUT2D eigenvalue weighted by Crippen LogP contribution is 2.42. The highest BCUT2D eigenvalue weighted by atomic mass is 79.9. The predicted molar refractivity (Wildman–Crippen MR) is 123 cm³/mol. The number of esters is 1. The average Bonchev–Trinajstić information content (AvgIpc) is 3.17. The molecule has 3 heterocycles. The Morgan fingerprint density at radius 2 is 1.71 bits per heavy atom. The van der Waals surface area contributed by atoms with Gasteiger partial charge >= 0.3 is 5.97 Å². The van der Waals surface area contributed by atoms with Crippen molar-refractivity contribution in [2.45, 2.75) is 6.61 Å². The van der Waals surface area contributed by atoms with Crippen LogP contribution in [0.4, 0.5) is 11.5 Å². The number of hydrogen-bond acceptors (Lipinski definition) is 7. The number of cyclic esters (lactones) is 1. The number of pyridine rings is 1. The molecule has 160 valence electrons. The molecule has 8 heteroatoms. The molecule has 0 atom stereocenters. The number of nitrogens with zero attached hydrogens (tertiary/aromatic N) is 3. The highest BCUT2D eigenvalue weighted by Gasteiger charge is 2.31. The van der Waals surface area contributed by atoms with Crippen LogP contribution < -0.4 is 19.3 Å². The standard InChI is InChI=1S/C23H22BrN3O4/c1-29-18-10-14-9-15-13-31-23(28)21(15)22(17(14)11-19(18)30-2)27-7-5-26(6-8-27)20-4-3-16(24)12-25-20/h3-4,9-12H,5-8,13H2,1-2H3. The monoisotopic (exact) mass is 483 g/mol. The van der Waals surface area contributed by atoms with E-state index in [2.05, 4.69) is 30.7 Å². The molecule has 2 aliphatic heterocycles. The van der Waals surface area contributed by atoms with Crippen molar-refractivity contribution in [2.24, 2.45) is 0 Å². The van der Waals surface area contributed by atoms with Crippen molar-refractivity contribution in [3.05, 3.63) is 52.1 Å². The molecule has 0 saturated carbocycles. The minimum absolute atomic E-state index is 0.265. The first-order valence-corrected chi connectivity index (χ1v) is 10.9. The van der Waals surface area contributed by atoms with Crippen molar-refractivity contribution in [1.29, 1.82) is 0 Å². The maximum Gasteiger partial charge on any atom is 0.341 e. The quantitative estimate of drug-likeness (QED) is 0.519. The van der Waals surface area contributed by atoms with Crippen LogP contribution in [0.15, 0.2) is 41.0 Å². The molecule has 0 aliphatic carbocycles. The van der Waals surface area contributed by atoms with Crippen LogP contribution in [0, 0.1) is 0 Å². The number of benzene rings is 2. The van der Waals surface area contributed by atoms with Gasteiger partial charge in [0.1, 0.15) is 12.4 Å². The van der Waals surface area contributed by atoms with Crippen LogP contribution in [0.1, 0.15) is 15.9 Å². The largest absolute Gasteiger partial charge is 0.493 e. The molecular formula is C23H22BrN3O4. The molecule has 0 spiro atoms. The lowest BCUT2D eigenvalue weighted by molar-refractivity contribution is 0.0535. The first-order valence-electron chi connectivity index (χ1n) is 10.1. The molecule has 0 unspecified atom stereocenters. The Morgan fingerprint density at radius 1 is 1.00 bits per heavy atom. The summed E-state index contributed by atoms with van der Waals surface area (Å²) in [7, 11) is 3.24. The van der Waals surface area contributed by atoms with Crippen LogP contribution >= 0.6 is 15.9 Å². The summed E-state index contributed by atoms with van der Waals surface area (Å²) >= 11 is 3.44. The summed E-state index contributed by atoms with van der Waals surface area (Å²) in [6, 6.07) is 9.95. The van der Waals surface area contributed by atoms with E-state index in [9.17, 15) is 4.79 Å². The molecule has 0 radical (unpaired) electrons.